The quantitative estimate of drug-likeness (QED) is 0.449. The first kappa shape index (κ1) is 22.3. The molecule has 4 rings (SSSR count). The van der Waals surface area contributed by atoms with E-state index in [1.165, 1.54) is 23.2 Å². The molecule has 0 saturated heterocycles. The molecule has 0 aliphatic carbocycles. The van der Waals surface area contributed by atoms with E-state index in [9.17, 15) is 9.59 Å². The van der Waals surface area contributed by atoms with Crippen LogP contribution in [0.1, 0.15) is 23.0 Å². The number of pyridine rings is 1. The van der Waals surface area contributed by atoms with E-state index < -0.39 is 0 Å². The molecule has 0 atom stereocenters. The van der Waals surface area contributed by atoms with Gasteiger partial charge in [0.25, 0.3) is 5.91 Å². The number of imidazole rings is 1. The molecule has 1 N–H and O–H groups in total. The number of hydrogen-bond acceptors (Lipinski definition) is 7. The summed E-state index contributed by atoms with van der Waals surface area (Å²) in [4.78, 5) is 36.0. The summed E-state index contributed by atoms with van der Waals surface area (Å²) < 4.78 is 12.5. The highest BCUT2D eigenvalue weighted by Crippen LogP contribution is 2.31. The van der Waals surface area contributed by atoms with Gasteiger partial charge in [-0.3, -0.25) is 18.9 Å². The van der Waals surface area contributed by atoms with E-state index in [4.69, 9.17) is 9.47 Å². The highest BCUT2D eigenvalue weighted by Gasteiger charge is 2.21. The Morgan fingerprint density at radius 1 is 1.18 bits per heavy atom. The number of thiazole rings is 1. The largest absolute Gasteiger partial charge is 0.497 e. The van der Waals surface area contributed by atoms with Gasteiger partial charge in [0.2, 0.25) is 5.91 Å². The van der Waals surface area contributed by atoms with Gasteiger partial charge in [0, 0.05) is 32.3 Å². The summed E-state index contributed by atoms with van der Waals surface area (Å²) in [5.41, 5.74) is 1.74. The second-order valence-electron chi connectivity index (χ2n) is 7.19. The normalized spacial score (nSPS) is 10.8. The van der Waals surface area contributed by atoms with Gasteiger partial charge in [-0.25, -0.2) is 9.97 Å². The van der Waals surface area contributed by atoms with Crippen molar-refractivity contribution in [2.75, 3.05) is 26.2 Å². The molecule has 0 unspecified atom stereocenters. The fourth-order valence-electron chi connectivity index (χ4n) is 3.32. The van der Waals surface area contributed by atoms with Crippen LogP contribution in [0.15, 0.2) is 48.8 Å². The van der Waals surface area contributed by atoms with E-state index in [-0.39, 0.29) is 18.4 Å². The van der Waals surface area contributed by atoms with Crippen LogP contribution in [0.25, 0.3) is 16.2 Å². The van der Waals surface area contributed by atoms with Crippen molar-refractivity contribution >= 4 is 33.8 Å². The molecule has 3 aromatic heterocycles. The number of carbonyl (C=O) groups is 2. The second-order valence-corrected chi connectivity index (χ2v) is 8.19. The maximum absolute atomic E-state index is 13.1. The summed E-state index contributed by atoms with van der Waals surface area (Å²) in [7, 11) is 4.83. The molecule has 0 bridgehead atoms. The number of ether oxygens (including phenoxy) is 2. The van der Waals surface area contributed by atoms with Gasteiger partial charge in [-0.2, -0.15) is 0 Å². The van der Waals surface area contributed by atoms with Gasteiger partial charge in [0.15, 0.2) is 16.6 Å². The topological polar surface area (TPSA) is 98.1 Å². The Bertz CT molecular complexity index is 1330. The van der Waals surface area contributed by atoms with Gasteiger partial charge in [-0.1, -0.05) is 17.4 Å². The fraction of sp³-hybridized carbons (Fsp3) is 0.217. The lowest BCUT2D eigenvalue weighted by molar-refractivity contribution is -0.116. The molecule has 0 aliphatic rings. The van der Waals surface area contributed by atoms with E-state index in [1.54, 1.807) is 39.6 Å². The number of anilines is 1. The summed E-state index contributed by atoms with van der Waals surface area (Å²) in [5.74, 6) is 1.47. The maximum atomic E-state index is 13.1. The van der Waals surface area contributed by atoms with E-state index in [0.717, 1.165) is 10.4 Å². The Labute approximate surface area is 194 Å². The standard InChI is InChI=1S/C23H23N5O4S/c1-14(29)27(2)23-25-13-19(33-23)21-26-20(17-7-5-6-10-28(17)21)22(30)24-12-15-11-16(31-3)8-9-18(15)32-4/h5-11,13H,12H2,1-4H3,(H,24,30). The van der Waals surface area contributed by atoms with Crippen molar-refractivity contribution < 1.29 is 19.1 Å². The summed E-state index contributed by atoms with van der Waals surface area (Å²) in [6.45, 7) is 1.72. The number of benzene rings is 1. The smallest absolute Gasteiger partial charge is 0.272 e. The minimum Gasteiger partial charge on any atom is -0.497 e. The van der Waals surface area contributed by atoms with Gasteiger partial charge in [-0.05, 0) is 30.3 Å². The van der Waals surface area contributed by atoms with Crippen LogP contribution in [0.3, 0.4) is 0 Å². The lowest BCUT2D eigenvalue weighted by atomic mass is 10.2. The maximum Gasteiger partial charge on any atom is 0.272 e. The third-order valence-electron chi connectivity index (χ3n) is 5.16. The van der Waals surface area contributed by atoms with Crippen molar-refractivity contribution in [1.82, 2.24) is 19.7 Å². The van der Waals surface area contributed by atoms with Crippen LogP contribution in [-0.4, -0.2) is 47.5 Å². The van der Waals surface area contributed by atoms with Crippen molar-refractivity contribution in [2.24, 2.45) is 0 Å². The van der Waals surface area contributed by atoms with Crippen LogP contribution < -0.4 is 19.7 Å². The number of aromatic nitrogens is 3. The Balaban J connectivity index is 1.64. The van der Waals surface area contributed by atoms with Crippen molar-refractivity contribution in [3.8, 4) is 22.2 Å². The second kappa shape index (κ2) is 9.29. The minimum atomic E-state index is -0.319. The van der Waals surface area contributed by atoms with Crippen LogP contribution >= 0.6 is 11.3 Å². The Morgan fingerprint density at radius 3 is 2.73 bits per heavy atom. The number of carbonyl (C=O) groups excluding carboxylic acids is 2. The molecule has 1 aromatic carbocycles. The zero-order chi connectivity index (χ0) is 23.5. The van der Waals surface area contributed by atoms with Gasteiger partial charge < -0.3 is 14.8 Å². The number of methoxy groups -OCH3 is 2. The third kappa shape index (κ3) is 4.37. The Morgan fingerprint density at radius 2 is 2.00 bits per heavy atom. The average Bonchev–Trinajstić information content (AvgIpc) is 3.47. The van der Waals surface area contributed by atoms with Crippen molar-refractivity contribution in [1.29, 1.82) is 0 Å². The predicted molar refractivity (Wildman–Crippen MR) is 126 cm³/mol. The molecule has 9 nitrogen and oxygen atoms in total. The average molecular weight is 466 g/mol. The molecule has 0 radical (unpaired) electrons. The van der Waals surface area contributed by atoms with Crippen LogP contribution in [-0.2, 0) is 11.3 Å². The van der Waals surface area contributed by atoms with E-state index in [2.05, 4.69) is 15.3 Å². The molecule has 0 spiro atoms. The molecular weight excluding hydrogens is 442 g/mol. The Kier molecular flexibility index (Phi) is 6.27. The van der Waals surface area contributed by atoms with E-state index >= 15 is 0 Å². The molecular formula is C23H23N5O4S. The fourth-order valence-corrected chi connectivity index (χ4v) is 4.22. The number of nitrogens with one attached hydrogen (secondary N) is 1. The highest BCUT2D eigenvalue weighted by molar-refractivity contribution is 7.19. The van der Waals surface area contributed by atoms with Crippen LogP contribution in [0.4, 0.5) is 5.13 Å². The first-order valence-corrected chi connectivity index (χ1v) is 10.9. The third-order valence-corrected chi connectivity index (χ3v) is 6.23. The van der Waals surface area contributed by atoms with E-state index in [1.807, 2.05) is 34.9 Å². The zero-order valence-electron chi connectivity index (χ0n) is 18.7. The molecule has 170 valence electrons. The minimum absolute atomic E-state index is 0.114. The van der Waals surface area contributed by atoms with Crippen LogP contribution in [0, 0.1) is 0 Å². The van der Waals surface area contributed by atoms with Gasteiger partial charge in [0.1, 0.15) is 11.5 Å². The lowest BCUT2D eigenvalue weighted by Gasteiger charge is -2.11. The summed E-state index contributed by atoms with van der Waals surface area (Å²) >= 11 is 1.33. The van der Waals surface area contributed by atoms with E-state index in [0.29, 0.717) is 33.7 Å². The zero-order valence-corrected chi connectivity index (χ0v) is 19.5. The van der Waals surface area contributed by atoms with Crippen molar-refractivity contribution in [2.45, 2.75) is 13.5 Å². The van der Waals surface area contributed by atoms with Gasteiger partial charge in [0.05, 0.1) is 30.8 Å². The summed E-state index contributed by atoms with van der Waals surface area (Å²) in [5, 5.41) is 3.48. The predicted octanol–water partition coefficient (Wildman–Crippen LogP) is 3.39. The summed E-state index contributed by atoms with van der Waals surface area (Å²) in [6.07, 6.45) is 3.50. The molecule has 33 heavy (non-hydrogen) atoms. The van der Waals surface area contributed by atoms with Crippen molar-refractivity contribution in [3.63, 3.8) is 0 Å². The highest BCUT2D eigenvalue weighted by atomic mass is 32.1. The Hall–Kier alpha value is -3.92. The SMILES string of the molecule is COc1ccc(OC)c(CNC(=O)c2nc(-c3cnc(N(C)C(C)=O)s3)n3ccccc23)c1. The van der Waals surface area contributed by atoms with Gasteiger partial charge >= 0.3 is 0 Å². The number of amides is 2. The monoisotopic (exact) mass is 465 g/mol. The number of nitrogens with zero attached hydrogens (tertiary/aromatic N) is 4. The number of hydrogen-bond donors (Lipinski definition) is 1. The molecule has 10 heteroatoms. The number of fused-ring (bicyclic) bond motifs is 1. The number of rotatable bonds is 7. The van der Waals surface area contributed by atoms with Crippen molar-refractivity contribution in [3.05, 3.63) is 60.0 Å². The first-order valence-electron chi connectivity index (χ1n) is 10.1. The molecule has 3 heterocycles. The first-order chi connectivity index (χ1) is 15.9. The molecule has 0 fully saturated rings. The molecule has 4 aromatic rings. The van der Waals surface area contributed by atoms with Crippen LogP contribution in [0.5, 0.6) is 11.5 Å². The molecule has 2 amide bonds. The van der Waals surface area contributed by atoms with Gasteiger partial charge in [-0.15, -0.1) is 0 Å². The molecule has 0 aliphatic heterocycles. The summed E-state index contributed by atoms with van der Waals surface area (Å²) in [6, 6.07) is 11.0. The molecule has 0 saturated carbocycles. The lowest BCUT2D eigenvalue weighted by Crippen LogP contribution is -2.23. The van der Waals surface area contributed by atoms with Crippen LogP contribution in [0.2, 0.25) is 0 Å².